The number of hydrogen-bond donors (Lipinski definition) is 1. The van der Waals surface area contributed by atoms with E-state index in [4.69, 9.17) is 0 Å². The molecule has 0 radical (unpaired) electrons. The van der Waals surface area contributed by atoms with Crippen LogP contribution >= 0.6 is 0 Å². The molecule has 0 spiro atoms. The van der Waals surface area contributed by atoms with Crippen LogP contribution in [0.15, 0.2) is 24.3 Å². The summed E-state index contributed by atoms with van der Waals surface area (Å²) >= 11 is 0. The number of hydrogen-bond acceptors (Lipinski definition) is 6. The van der Waals surface area contributed by atoms with Crippen molar-refractivity contribution in [3.05, 3.63) is 40.0 Å². The van der Waals surface area contributed by atoms with Crippen molar-refractivity contribution >= 4 is 23.4 Å². The van der Waals surface area contributed by atoms with Crippen molar-refractivity contribution in [2.24, 2.45) is 0 Å². The molecule has 0 unspecified atom stereocenters. The summed E-state index contributed by atoms with van der Waals surface area (Å²) in [4.78, 5) is 24.1. The van der Waals surface area contributed by atoms with Gasteiger partial charge in [0.25, 0.3) is 5.69 Å². The quantitative estimate of drug-likeness (QED) is 0.326. The van der Waals surface area contributed by atoms with Gasteiger partial charge in [0.15, 0.2) is 0 Å². The molecule has 0 aliphatic carbocycles. The minimum Gasteiger partial charge on any atom is -0.466 e. The van der Waals surface area contributed by atoms with Gasteiger partial charge in [-0.15, -0.1) is 0 Å². The monoisotopic (exact) mass is 321 g/mol. The number of anilines is 1. The van der Waals surface area contributed by atoms with Crippen molar-refractivity contribution in [3.8, 4) is 0 Å². The molecular weight excluding hydrogens is 298 g/mol. The highest BCUT2D eigenvalue weighted by Crippen LogP contribution is 2.26. The van der Waals surface area contributed by atoms with Crippen LogP contribution in [-0.4, -0.2) is 49.1 Å². The van der Waals surface area contributed by atoms with E-state index in [2.05, 4.69) is 28.8 Å². The highest BCUT2D eigenvalue weighted by atomic mass is 16.6. The van der Waals surface area contributed by atoms with E-state index in [1.54, 1.807) is 12.1 Å². The van der Waals surface area contributed by atoms with Crippen molar-refractivity contribution in [3.63, 3.8) is 0 Å². The Bertz CT molecular complexity index is 568. The predicted octanol–water partition coefficient (Wildman–Crippen LogP) is 2.53. The highest BCUT2D eigenvalue weighted by Gasteiger charge is 2.14. The first-order valence-corrected chi connectivity index (χ1v) is 7.52. The van der Waals surface area contributed by atoms with Gasteiger partial charge in [-0.3, -0.25) is 10.1 Å². The number of carbonyl (C=O) groups is 1. The largest absolute Gasteiger partial charge is 0.466 e. The van der Waals surface area contributed by atoms with Gasteiger partial charge >= 0.3 is 5.97 Å². The number of esters is 1. The van der Waals surface area contributed by atoms with Crippen molar-refractivity contribution in [2.45, 2.75) is 13.8 Å². The minimum atomic E-state index is -0.505. The Morgan fingerprint density at radius 1 is 1.39 bits per heavy atom. The highest BCUT2D eigenvalue weighted by molar-refractivity contribution is 5.87. The van der Waals surface area contributed by atoms with Crippen LogP contribution < -0.4 is 5.32 Å². The number of nitrogens with one attached hydrogen (secondary N) is 1. The molecule has 1 rings (SSSR count). The molecule has 0 bridgehead atoms. The van der Waals surface area contributed by atoms with E-state index in [1.807, 2.05) is 0 Å². The fourth-order valence-electron chi connectivity index (χ4n) is 2.07. The average molecular weight is 321 g/mol. The minimum absolute atomic E-state index is 0.0171. The van der Waals surface area contributed by atoms with Crippen molar-refractivity contribution < 1.29 is 14.5 Å². The number of ether oxygens (including phenoxy) is 1. The Kier molecular flexibility index (Phi) is 7.76. The molecule has 0 aliphatic heterocycles. The van der Waals surface area contributed by atoms with E-state index in [0.717, 1.165) is 19.6 Å². The third-order valence-electron chi connectivity index (χ3n) is 3.47. The molecule has 7 heteroatoms. The van der Waals surface area contributed by atoms with E-state index >= 15 is 0 Å². The molecule has 7 nitrogen and oxygen atoms in total. The summed E-state index contributed by atoms with van der Waals surface area (Å²) in [5.41, 5.74) is 1.02. The number of likely N-dealkylation sites (N-methyl/N-ethyl adjacent to an activating group) is 1. The standard InChI is InChI=1S/C16H23N3O4/c1-4-18(5-2)11-10-17-14-8-6-13(7-9-16(20)23-3)12-15(14)19(21)22/h6-9,12,17H,4-5,10-11H2,1-3H3/b9-7+. The Morgan fingerprint density at radius 3 is 2.65 bits per heavy atom. The molecule has 0 amide bonds. The first-order chi connectivity index (χ1) is 11.0. The molecule has 0 aromatic heterocycles. The molecule has 23 heavy (non-hydrogen) atoms. The summed E-state index contributed by atoms with van der Waals surface area (Å²) in [6, 6.07) is 4.79. The van der Waals surface area contributed by atoms with Gasteiger partial charge in [-0.1, -0.05) is 19.9 Å². The summed E-state index contributed by atoms with van der Waals surface area (Å²) in [6.45, 7) is 7.48. The number of rotatable bonds is 9. The second kappa shape index (κ2) is 9.58. The Morgan fingerprint density at radius 2 is 2.09 bits per heavy atom. The molecule has 126 valence electrons. The van der Waals surface area contributed by atoms with Crippen LogP contribution in [0, 0.1) is 10.1 Å². The van der Waals surface area contributed by atoms with Gasteiger partial charge in [0, 0.05) is 25.2 Å². The van der Waals surface area contributed by atoms with Gasteiger partial charge in [-0.05, 0) is 30.8 Å². The summed E-state index contributed by atoms with van der Waals surface area (Å²) < 4.78 is 4.49. The number of carbonyl (C=O) groups excluding carboxylic acids is 1. The van der Waals surface area contributed by atoms with Crippen LogP contribution in [0.25, 0.3) is 6.08 Å². The SMILES string of the molecule is CCN(CC)CCNc1ccc(/C=C/C(=O)OC)cc1[N+](=O)[O-]. The average Bonchev–Trinajstić information content (AvgIpc) is 2.56. The maximum Gasteiger partial charge on any atom is 0.330 e. The van der Waals surface area contributed by atoms with E-state index < -0.39 is 10.9 Å². The molecule has 0 atom stereocenters. The zero-order chi connectivity index (χ0) is 17.2. The number of benzene rings is 1. The summed E-state index contributed by atoms with van der Waals surface area (Å²) in [7, 11) is 1.28. The molecule has 0 fully saturated rings. The smallest absolute Gasteiger partial charge is 0.330 e. The van der Waals surface area contributed by atoms with E-state index in [9.17, 15) is 14.9 Å². The number of nitro benzene ring substituents is 1. The summed E-state index contributed by atoms with van der Waals surface area (Å²) in [5, 5.41) is 14.3. The fraction of sp³-hybridized carbons (Fsp3) is 0.438. The third kappa shape index (κ3) is 6.07. The van der Waals surface area contributed by atoms with E-state index in [-0.39, 0.29) is 5.69 Å². The fourth-order valence-corrected chi connectivity index (χ4v) is 2.07. The van der Waals surface area contributed by atoms with Crippen LogP contribution in [0.5, 0.6) is 0 Å². The molecular formula is C16H23N3O4. The topological polar surface area (TPSA) is 84.7 Å². The lowest BCUT2D eigenvalue weighted by Crippen LogP contribution is -2.28. The van der Waals surface area contributed by atoms with Gasteiger partial charge in [-0.2, -0.15) is 0 Å². The summed E-state index contributed by atoms with van der Waals surface area (Å²) in [5.74, 6) is -0.505. The molecule has 1 aromatic carbocycles. The van der Waals surface area contributed by atoms with Crippen LogP contribution in [0.3, 0.4) is 0 Å². The maximum absolute atomic E-state index is 11.2. The van der Waals surface area contributed by atoms with Crippen LogP contribution in [0.2, 0.25) is 0 Å². The zero-order valence-electron chi connectivity index (χ0n) is 13.7. The molecule has 1 N–H and O–H groups in total. The second-order valence-electron chi connectivity index (χ2n) is 4.84. The zero-order valence-corrected chi connectivity index (χ0v) is 13.7. The molecule has 0 saturated carbocycles. The lowest BCUT2D eigenvalue weighted by Gasteiger charge is -2.18. The van der Waals surface area contributed by atoms with Crippen molar-refractivity contribution in [1.82, 2.24) is 4.90 Å². The predicted molar refractivity (Wildman–Crippen MR) is 90.4 cm³/mol. The van der Waals surface area contributed by atoms with Crippen molar-refractivity contribution in [2.75, 3.05) is 38.6 Å². The summed E-state index contributed by atoms with van der Waals surface area (Å²) in [6.07, 6.45) is 2.71. The van der Waals surface area contributed by atoms with Gasteiger partial charge in [-0.25, -0.2) is 4.79 Å². The van der Waals surface area contributed by atoms with E-state index in [0.29, 0.717) is 17.8 Å². The van der Waals surface area contributed by atoms with Gasteiger partial charge < -0.3 is 15.0 Å². The first-order valence-electron chi connectivity index (χ1n) is 7.52. The molecule has 0 heterocycles. The van der Waals surface area contributed by atoms with Gasteiger partial charge in [0.05, 0.1) is 12.0 Å². The first kappa shape index (κ1) is 18.6. The van der Waals surface area contributed by atoms with Crippen LogP contribution in [0.1, 0.15) is 19.4 Å². The molecule has 0 saturated heterocycles. The molecule has 0 aliphatic rings. The number of nitrogens with zero attached hydrogens (tertiary/aromatic N) is 2. The Labute approximate surface area is 136 Å². The Balaban J connectivity index is 2.82. The lowest BCUT2D eigenvalue weighted by atomic mass is 10.1. The van der Waals surface area contributed by atoms with Crippen LogP contribution in [0.4, 0.5) is 11.4 Å². The van der Waals surface area contributed by atoms with Gasteiger partial charge in [0.1, 0.15) is 5.69 Å². The third-order valence-corrected chi connectivity index (χ3v) is 3.47. The normalized spacial score (nSPS) is 11.0. The number of nitro groups is 1. The lowest BCUT2D eigenvalue weighted by molar-refractivity contribution is -0.384. The number of methoxy groups -OCH3 is 1. The van der Waals surface area contributed by atoms with E-state index in [1.165, 1.54) is 25.3 Å². The second-order valence-corrected chi connectivity index (χ2v) is 4.84. The molecule has 1 aromatic rings. The van der Waals surface area contributed by atoms with Crippen LogP contribution in [-0.2, 0) is 9.53 Å². The maximum atomic E-state index is 11.2. The Hall–Kier alpha value is -2.41. The van der Waals surface area contributed by atoms with Crippen molar-refractivity contribution in [1.29, 1.82) is 0 Å². The van der Waals surface area contributed by atoms with Gasteiger partial charge in [0.2, 0.25) is 0 Å².